The molecule has 0 aromatic heterocycles. The van der Waals surface area contributed by atoms with Crippen molar-refractivity contribution in [1.82, 2.24) is 0 Å². The Morgan fingerprint density at radius 1 is 0.185 bits per heavy atom. The van der Waals surface area contributed by atoms with E-state index in [1.807, 2.05) is 0 Å². The van der Waals surface area contributed by atoms with E-state index >= 15 is 70.2 Å². The SMILES string of the molecule is CCC[Si](CCC)(CCC)c1c(F)c(F)c([B-](c2c(F)c(F)c([Si](CCC)(CCC)CCC)c(F)c2F)(c2c(F)c(F)c([Si](CCC)(CCC)CCC)c(F)c2F)c2c(F)c(F)c([Si](CCC)(CCC)CCC)c(F)c2F)c(F)c1F. The van der Waals surface area contributed by atoms with Gasteiger partial charge in [-0.15, -0.1) is 21.9 Å². The van der Waals surface area contributed by atoms with E-state index in [4.69, 9.17) is 0 Å². The number of hydrogen-bond donors (Lipinski definition) is 0. The van der Waals surface area contributed by atoms with E-state index in [2.05, 4.69) is 0 Å². The molecule has 0 unspecified atom stereocenters. The maximum absolute atomic E-state index is 18.6. The fourth-order valence-corrected chi connectivity index (χ4v) is 37.7. The van der Waals surface area contributed by atoms with Crippen molar-refractivity contribution in [2.45, 2.75) is 233 Å². The van der Waals surface area contributed by atoms with Gasteiger partial charge in [0, 0.05) is 20.7 Å². The van der Waals surface area contributed by atoms with Crippen LogP contribution in [-0.2, 0) is 0 Å². The van der Waals surface area contributed by atoms with Crippen LogP contribution in [0.25, 0.3) is 0 Å². The predicted molar refractivity (Wildman–Crippen MR) is 312 cm³/mol. The molecule has 0 nitrogen and oxygen atoms in total. The molecule has 0 spiro atoms. The lowest BCUT2D eigenvalue weighted by Crippen LogP contribution is -2.82. The van der Waals surface area contributed by atoms with Crippen LogP contribution in [0, 0.1) is 93.1 Å². The van der Waals surface area contributed by atoms with E-state index < -0.39 is 174 Å². The molecule has 0 aliphatic heterocycles. The molecular weight excluding hydrogens is 1150 g/mol. The Labute approximate surface area is 475 Å². The third-order valence-corrected chi connectivity index (χ3v) is 41.3. The minimum absolute atomic E-state index is 0.0722. The number of benzene rings is 4. The molecule has 0 heterocycles. The summed E-state index contributed by atoms with van der Waals surface area (Å²) in [6.45, 7) is 19.2. The summed E-state index contributed by atoms with van der Waals surface area (Å²) in [6, 6.07) is -0.867. The van der Waals surface area contributed by atoms with E-state index in [0.29, 0.717) is 0 Å². The lowest BCUT2D eigenvalue weighted by Gasteiger charge is -2.47. The molecular formula is C60H84BF16Si4-. The summed E-state index contributed by atoms with van der Waals surface area (Å²) in [5.41, 5.74) is -11.3. The molecule has 0 radical (unpaired) electrons. The van der Waals surface area contributed by atoms with Gasteiger partial charge in [0.1, 0.15) is 52.7 Å². The van der Waals surface area contributed by atoms with Gasteiger partial charge in [-0.05, 0) is 0 Å². The summed E-state index contributed by atoms with van der Waals surface area (Å²) in [5.74, 6) is -42.6. The Kier molecular flexibility index (Phi) is 25.3. The third kappa shape index (κ3) is 12.0. The van der Waals surface area contributed by atoms with Gasteiger partial charge in [0.25, 0.3) is 0 Å². The zero-order valence-electron chi connectivity index (χ0n) is 49.6. The molecule has 0 bridgehead atoms. The highest BCUT2D eigenvalue weighted by atomic mass is 28.3. The van der Waals surface area contributed by atoms with Gasteiger partial charge in [0.15, 0.2) is 46.5 Å². The van der Waals surface area contributed by atoms with Crippen molar-refractivity contribution in [2.24, 2.45) is 0 Å². The third-order valence-electron chi connectivity index (χ3n) is 17.8. The van der Waals surface area contributed by atoms with Crippen LogP contribution in [0.1, 0.15) is 160 Å². The Morgan fingerprint density at radius 2 is 0.284 bits per heavy atom. The molecule has 0 aliphatic carbocycles. The second kappa shape index (κ2) is 29.2. The first-order valence-electron chi connectivity index (χ1n) is 29.9. The fourth-order valence-electron chi connectivity index (χ4n) is 15.6. The van der Waals surface area contributed by atoms with Crippen LogP contribution in [0.5, 0.6) is 0 Å². The number of halogens is 16. The van der Waals surface area contributed by atoms with Crippen LogP contribution in [-0.4, -0.2) is 38.4 Å². The van der Waals surface area contributed by atoms with E-state index in [0.717, 1.165) is 0 Å². The molecule has 0 saturated heterocycles. The molecule has 4 rings (SSSR count). The predicted octanol–water partition coefficient (Wildman–Crippen LogP) is 16.8. The van der Waals surface area contributed by atoms with Gasteiger partial charge in [-0.1, -0.05) is 233 Å². The summed E-state index contributed by atoms with van der Waals surface area (Å²) in [4.78, 5) is 0. The summed E-state index contributed by atoms with van der Waals surface area (Å²) in [6.07, 6.45) is -4.88. The van der Waals surface area contributed by atoms with E-state index in [1.54, 1.807) is 83.1 Å². The molecule has 0 saturated carbocycles. The minimum atomic E-state index is -6.77. The van der Waals surface area contributed by atoms with Crippen LogP contribution < -0.4 is 42.6 Å². The zero-order chi connectivity index (χ0) is 61.3. The van der Waals surface area contributed by atoms with Gasteiger partial charge in [0.2, 0.25) is 0 Å². The summed E-state index contributed by atoms with van der Waals surface area (Å²) >= 11 is 0. The standard InChI is InChI=1S/C60H84BF16Si4/c1-13-25-78(26-14-2,27-15-3)57-49(70)41(62)37(42(63)50(57)71)61(38-43(64)51(72)58(52(73)44(38)65)79(28-16-4,29-17-5)30-18-6,39-45(66)53(74)59(54(75)46(39)67)80(31-19-7,32-20-8)33-21-9)40-47(68)55(76)60(56(77)48(40)69)81(34-22-10,35-23-11)36-24-12/h13-36H2,1-12H3/q-1. The van der Waals surface area contributed by atoms with Crippen molar-refractivity contribution in [2.75, 3.05) is 0 Å². The van der Waals surface area contributed by atoms with E-state index in [-0.39, 0.29) is 150 Å². The van der Waals surface area contributed by atoms with Crippen LogP contribution >= 0.6 is 0 Å². The zero-order valence-corrected chi connectivity index (χ0v) is 53.6. The van der Waals surface area contributed by atoms with Crippen molar-refractivity contribution < 1.29 is 70.2 Å². The smallest absolute Gasteiger partial charge is 0.157 e. The molecule has 0 aliphatic rings. The van der Waals surface area contributed by atoms with Gasteiger partial charge in [-0.25, -0.2) is 70.2 Å². The number of rotatable bonds is 32. The summed E-state index contributed by atoms with van der Waals surface area (Å²) < 4.78 is 293. The topological polar surface area (TPSA) is 0 Å². The van der Waals surface area contributed by atoms with Crippen molar-refractivity contribution in [3.05, 3.63) is 93.1 Å². The molecule has 0 fully saturated rings. The first-order chi connectivity index (χ1) is 38.3. The minimum Gasteiger partial charge on any atom is -0.207 e. The average Bonchev–Trinajstić information content (AvgIpc) is 3.41. The summed E-state index contributed by atoms with van der Waals surface area (Å²) in [7, 11) is -15.7. The highest BCUT2D eigenvalue weighted by molar-refractivity contribution is 7.20. The second-order valence-electron chi connectivity index (χ2n) is 23.2. The lowest BCUT2D eigenvalue weighted by molar-refractivity contribution is 0.460. The van der Waals surface area contributed by atoms with Gasteiger partial charge in [-0.3, -0.25) is 0 Å². The normalized spacial score (nSPS) is 12.9. The van der Waals surface area contributed by atoms with Crippen molar-refractivity contribution in [3.63, 3.8) is 0 Å². The monoisotopic (exact) mass is 1230 g/mol. The quantitative estimate of drug-likeness (QED) is 0.0260. The highest BCUT2D eigenvalue weighted by Crippen LogP contribution is 2.37. The Hall–Kier alpha value is -3.31. The molecule has 456 valence electrons. The van der Waals surface area contributed by atoms with Crippen molar-refractivity contribution in [3.8, 4) is 0 Å². The second-order valence-corrected chi connectivity index (χ2v) is 41.4. The lowest BCUT2D eigenvalue weighted by atomic mass is 9.12. The molecule has 21 heteroatoms. The highest BCUT2D eigenvalue weighted by Gasteiger charge is 2.56. The molecule has 4 aromatic carbocycles. The Morgan fingerprint density at radius 3 is 0.370 bits per heavy atom. The molecule has 0 atom stereocenters. The molecule has 81 heavy (non-hydrogen) atoms. The van der Waals surface area contributed by atoms with Crippen LogP contribution in [0.4, 0.5) is 70.2 Å². The van der Waals surface area contributed by atoms with Crippen molar-refractivity contribution in [1.29, 1.82) is 0 Å². The first-order valence-corrected chi connectivity index (χ1v) is 40.4. The van der Waals surface area contributed by atoms with E-state index in [9.17, 15) is 0 Å². The van der Waals surface area contributed by atoms with Gasteiger partial charge < -0.3 is 0 Å². The Bertz CT molecular complexity index is 2280. The molecule has 4 aromatic rings. The van der Waals surface area contributed by atoms with Gasteiger partial charge >= 0.3 is 0 Å². The molecule has 0 N–H and O–H groups in total. The largest absolute Gasteiger partial charge is 0.207 e. The van der Waals surface area contributed by atoms with Crippen LogP contribution in [0.15, 0.2) is 0 Å². The molecule has 0 amide bonds. The summed E-state index contributed by atoms with van der Waals surface area (Å²) in [5, 5.41) is -4.98. The fraction of sp³-hybridized carbons (Fsp3) is 0.600. The maximum Gasteiger partial charge on any atom is 0.157 e. The van der Waals surface area contributed by atoms with Crippen LogP contribution in [0.3, 0.4) is 0 Å². The van der Waals surface area contributed by atoms with E-state index in [1.165, 1.54) is 0 Å². The average molecular weight is 1230 g/mol. The van der Waals surface area contributed by atoms with Gasteiger partial charge in [-0.2, -0.15) is 0 Å². The van der Waals surface area contributed by atoms with Gasteiger partial charge in [0.05, 0.1) is 32.3 Å². The number of hydrogen-bond acceptors (Lipinski definition) is 0. The first kappa shape index (κ1) is 70.2. The maximum atomic E-state index is 18.6. The van der Waals surface area contributed by atoms with Crippen LogP contribution in [0.2, 0.25) is 72.5 Å². The van der Waals surface area contributed by atoms with Crippen molar-refractivity contribution >= 4 is 81.0 Å². The Balaban J connectivity index is 2.83.